The van der Waals surface area contributed by atoms with Crippen LogP contribution in [0.4, 0.5) is 13.2 Å². The van der Waals surface area contributed by atoms with Gasteiger partial charge in [0.2, 0.25) is 0 Å². The van der Waals surface area contributed by atoms with Crippen molar-refractivity contribution in [2.24, 2.45) is 0 Å². The first-order valence-corrected chi connectivity index (χ1v) is 18.4. The van der Waals surface area contributed by atoms with Gasteiger partial charge in [0, 0.05) is 12.4 Å². The van der Waals surface area contributed by atoms with Gasteiger partial charge < -0.3 is 10.4 Å². The molecule has 0 bridgehead atoms. The van der Waals surface area contributed by atoms with E-state index in [1.807, 2.05) is 0 Å². The molecule has 7 aromatic rings. The van der Waals surface area contributed by atoms with Gasteiger partial charge in [-0.1, -0.05) is 36.4 Å². The van der Waals surface area contributed by atoms with E-state index in [1.54, 1.807) is 38.1 Å². The summed E-state index contributed by atoms with van der Waals surface area (Å²) in [4.78, 5) is 85.3. The Balaban J connectivity index is 0.000000184. The molecule has 13 nitrogen and oxygen atoms in total. The smallest absolute Gasteiger partial charge is 0.336 e. The van der Waals surface area contributed by atoms with Crippen LogP contribution < -0.4 is 16.4 Å². The van der Waals surface area contributed by atoms with E-state index in [-0.39, 0.29) is 49.4 Å². The highest BCUT2D eigenvalue weighted by molar-refractivity contribution is 9.10. The fourth-order valence-corrected chi connectivity index (χ4v) is 7.25. The Kier molecular flexibility index (Phi) is 10.8. The number of aromatic carboxylic acids is 1. The van der Waals surface area contributed by atoms with Gasteiger partial charge in [-0.25, -0.2) is 27.9 Å². The number of pyridine rings is 2. The van der Waals surface area contributed by atoms with E-state index in [0.717, 1.165) is 38.2 Å². The first-order valence-electron chi connectivity index (χ1n) is 17.6. The molecule has 59 heavy (non-hydrogen) atoms. The molecular formula is C42H28BrF3N6O7. The monoisotopic (exact) mass is 864 g/mol. The fourth-order valence-electron chi connectivity index (χ4n) is 6.64. The average molecular weight is 866 g/mol. The lowest BCUT2D eigenvalue weighted by molar-refractivity contribution is 0.0590. The Labute approximate surface area is 339 Å². The van der Waals surface area contributed by atoms with Crippen molar-refractivity contribution in [1.29, 1.82) is 0 Å². The summed E-state index contributed by atoms with van der Waals surface area (Å²) in [6.45, 7) is 3.18. The summed E-state index contributed by atoms with van der Waals surface area (Å²) < 4.78 is 43.3. The number of amides is 3. The number of fused-ring (bicyclic) bond motifs is 3. The average Bonchev–Trinajstić information content (AvgIpc) is 3.48. The molecular weight excluding hydrogens is 837 g/mol. The van der Waals surface area contributed by atoms with E-state index in [2.05, 4.69) is 31.2 Å². The molecule has 0 aliphatic carbocycles. The van der Waals surface area contributed by atoms with E-state index in [0.29, 0.717) is 11.1 Å². The Bertz CT molecular complexity index is 2990. The van der Waals surface area contributed by atoms with Gasteiger partial charge in [-0.15, -0.1) is 0 Å². The number of carbonyl (C=O) groups is 4. The van der Waals surface area contributed by atoms with Crippen LogP contribution in [0, 0.1) is 17.5 Å². The second kappa shape index (κ2) is 15.9. The van der Waals surface area contributed by atoms with Gasteiger partial charge in [0.25, 0.3) is 28.8 Å². The molecule has 3 amide bonds. The molecule has 2 unspecified atom stereocenters. The minimum absolute atomic E-state index is 0.0167. The van der Waals surface area contributed by atoms with Crippen molar-refractivity contribution in [3.8, 4) is 11.1 Å². The van der Waals surface area contributed by atoms with Gasteiger partial charge in [0.05, 0.1) is 51.3 Å². The number of carboxylic acid groups (broad SMARTS) is 1. The first-order chi connectivity index (χ1) is 28.2. The number of halogens is 4. The van der Waals surface area contributed by atoms with E-state index >= 15 is 0 Å². The Hall–Kier alpha value is -7.27. The summed E-state index contributed by atoms with van der Waals surface area (Å²) >= 11 is 3.18. The second-order valence-electron chi connectivity index (χ2n) is 13.2. The first kappa shape index (κ1) is 39.9. The number of hydrogen-bond donors (Lipinski definition) is 2. The molecule has 3 aromatic carbocycles. The van der Waals surface area contributed by atoms with Gasteiger partial charge in [-0.05, 0) is 96.0 Å². The summed E-state index contributed by atoms with van der Waals surface area (Å²) in [5, 5.41) is 12.0. The van der Waals surface area contributed by atoms with E-state index in [1.165, 1.54) is 60.7 Å². The van der Waals surface area contributed by atoms with Crippen LogP contribution in [0.3, 0.4) is 0 Å². The summed E-state index contributed by atoms with van der Waals surface area (Å²) in [5.41, 5.74) is 0.111. The molecule has 2 atom stereocenters. The van der Waals surface area contributed by atoms with Crippen LogP contribution in [0.25, 0.3) is 22.4 Å². The lowest BCUT2D eigenvalue weighted by Crippen LogP contribution is -2.34. The molecule has 4 aromatic heterocycles. The SMILES string of the molecule is CC(NC(=O)c1ccccc1C(=O)O)c1nc2ccc(F)cn2c(=O)c1-c1cccc(F)c1.CC(c1nc2ccc(F)cn2c(=O)c1Br)N1C(=O)c2ccccc2C1=O. The van der Waals surface area contributed by atoms with Gasteiger partial charge in [0.15, 0.2) is 0 Å². The number of aromatic nitrogens is 4. The number of rotatable bonds is 7. The van der Waals surface area contributed by atoms with Crippen molar-refractivity contribution in [2.45, 2.75) is 25.9 Å². The number of nitrogens with one attached hydrogen (secondary N) is 1. The van der Waals surface area contributed by atoms with Crippen LogP contribution in [0.5, 0.6) is 0 Å². The fraction of sp³-hybridized carbons (Fsp3) is 0.0952. The summed E-state index contributed by atoms with van der Waals surface area (Å²) in [5.74, 6) is -4.65. The van der Waals surface area contributed by atoms with Crippen molar-refractivity contribution in [2.75, 3.05) is 0 Å². The quantitative estimate of drug-likeness (QED) is 0.164. The van der Waals surface area contributed by atoms with Gasteiger partial charge in [-0.3, -0.25) is 37.7 Å². The highest BCUT2D eigenvalue weighted by Crippen LogP contribution is 2.33. The molecule has 0 saturated heterocycles. The van der Waals surface area contributed by atoms with Gasteiger partial charge in [-0.2, -0.15) is 0 Å². The van der Waals surface area contributed by atoms with Crippen molar-refractivity contribution < 1.29 is 37.5 Å². The van der Waals surface area contributed by atoms with E-state index < -0.39 is 64.3 Å². The maximum absolute atomic E-state index is 13.9. The standard InChI is InChI=1S/C24H17F2N3O4.C18H11BrFN3O3/c1-13(27-22(30)17-7-2-3-8-18(17)24(32)33)21-20(14-5-4-6-15(25)11-14)23(31)29-12-16(26)9-10-19(29)28-21;1-9(23-16(24)11-4-2-3-5-12(11)17(23)25)15-14(19)18(26)22-8-10(20)6-7-13(22)21-15/h2-13H,1H3,(H,27,30)(H,32,33);2-9H,1H3. The number of nitrogens with zero attached hydrogens (tertiary/aromatic N) is 5. The number of imide groups is 1. The zero-order valence-electron chi connectivity index (χ0n) is 30.7. The summed E-state index contributed by atoms with van der Waals surface area (Å²) in [6, 6.07) is 20.8. The number of benzene rings is 3. The van der Waals surface area contributed by atoms with Crippen molar-refractivity contribution in [3.05, 3.63) is 186 Å². The predicted octanol–water partition coefficient (Wildman–Crippen LogP) is 6.78. The van der Waals surface area contributed by atoms with Crippen LogP contribution in [-0.4, -0.2) is 52.5 Å². The van der Waals surface area contributed by atoms with Crippen LogP contribution in [0.1, 0.15) is 78.8 Å². The topological polar surface area (TPSA) is 173 Å². The van der Waals surface area contributed by atoms with Crippen molar-refractivity contribution >= 4 is 50.9 Å². The molecule has 0 fully saturated rings. The number of carboxylic acids is 1. The zero-order chi connectivity index (χ0) is 42.3. The van der Waals surface area contributed by atoms with Crippen LogP contribution in [-0.2, 0) is 0 Å². The maximum atomic E-state index is 13.9. The minimum Gasteiger partial charge on any atom is -0.478 e. The molecule has 296 valence electrons. The maximum Gasteiger partial charge on any atom is 0.336 e. The van der Waals surface area contributed by atoms with Crippen molar-refractivity contribution in [3.63, 3.8) is 0 Å². The molecule has 1 aliphatic rings. The molecule has 0 spiro atoms. The molecule has 0 radical (unpaired) electrons. The Morgan fingerprint density at radius 1 is 0.678 bits per heavy atom. The Morgan fingerprint density at radius 3 is 1.80 bits per heavy atom. The second-order valence-corrected chi connectivity index (χ2v) is 14.0. The van der Waals surface area contributed by atoms with Gasteiger partial charge in [0.1, 0.15) is 33.2 Å². The number of hydrogen-bond acceptors (Lipinski definition) is 8. The molecule has 17 heteroatoms. The lowest BCUT2D eigenvalue weighted by Gasteiger charge is -2.23. The highest BCUT2D eigenvalue weighted by atomic mass is 79.9. The minimum atomic E-state index is -1.27. The molecule has 0 saturated carbocycles. The molecule has 2 N–H and O–H groups in total. The van der Waals surface area contributed by atoms with Crippen LogP contribution in [0.15, 0.2) is 124 Å². The van der Waals surface area contributed by atoms with Crippen molar-refractivity contribution in [1.82, 2.24) is 29.0 Å². The number of carbonyl (C=O) groups excluding carboxylic acids is 3. The molecule has 8 rings (SSSR count). The lowest BCUT2D eigenvalue weighted by atomic mass is 10.0. The third-order valence-corrected chi connectivity index (χ3v) is 10.2. The van der Waals surface area contributed by atoms with Gasteiger partial charge >= 0.3 is 5.97 Å². The normalized spacial score (nSPS) is 13.2. The molecule has 5 heterocycles. The summed E-state index contributed by atoms with van der Waals surface area (Å²) in [6.07, 6.45) is 2.01. The zero-order valence-corrected chi connectivity index (χ0v) is 32.3. The van der Waals surface area contributed by atoms with Crippen LogP contribution >= 0.6 is 15.9 Å². The molecule has 1 aliphatic heterocycles. The summed E-state index contributed by atoms with van der Waals surface area (Å²) in [7, 11) is 0. The van der Waals surface area contributed by atoms with E-state index in [4.69, 9.17) is 0 Å². The highest BCUT2D eigenvalue weighted by Gasteiger charge is 2.40. The van der Waals surface area contributed by atoms with E-state index in [9.17, 15) is 47.0 Å². The third-order valence-electron chi connectivity index (χ3n) is 9.45. The largest absolute Gasteiger partial charge is 0.478 e. The Morgan fingerprint density at radius 2 is 1.22 bits per heavy atom. The van der Waals surface area contributed by atoms with Crippen LogP contribution in [0.2, 0.25) is 0 Å². The predicted molar refractivity (Wildman–Crippen MR) is 211 cm³/mol. The third kappa shape index (κ3) is 7.50.